The summed E-state index contributed by atoms with van der Waals surface area (Å²) in [5.74, 6) is -3.29. The molecule has 3 rings (SSSR count). The summed E-state index contributed by atoms with van der Waals surface area (Å²) in [6, 6.07) is 9.79. The van der Waals surface area contributed by atoms with Crippen molar-refractivity contribution >= 4 is 33.3 Å². The molecule has 0 fully saturated rings. The number of nitrogens with zero attached hydrogens (tertiary/aromatic N) is 2. The van der Waals surface area contributed by atoms with Gasteiger partial charge in [0.25, 0.3) is 11.8 Å². The van der Waals surface area contributed by atoms with Crippen molar-refractivity contribution in [3.8, 4) is 11.5 Å². The van der Waals surface area contributed by atoms with Crippen LogP contribution in [-0.2, 0) is 25.4 Å². The van der Waals surface area contributed by atoms with E-state index in [0.29, 0.717) is 12.1 Å². The van der Waals surface area contributed by atoms with E-state index in [1.54, 1.807) is 20.8 Å². The zero-order valence-electron chi connectivity index (χ0n) is 23.6. The van der Waals surface area contributed by atoms with Gasteiger partial charge in [-0.05, 0) is 55.5 Å². The van der Waals surface area contributed by atoms with Crippen LogP contribution in [-0.4, -0.2) is 39.5 Å². The number of primary amides is 1. The van der Waals surface area contributed by atoms with Crippen molar-refractivity contribution in [3.05, 3.63) is 77.4 Å². The van der Waals surface area contributed by atoms with E-state index in [-0.39, 0.29) is 27.6 Å². The average Bonchev–Trinajstić information content (AvgIpc) is 2.87. The number of aryl methyl sites for hydroxylation is 1. The molecular formula is C28H28F4N4O6S. The zero-order chi connectivity index (χ0) is 32.3. The Morgan fingerprint density at radius 3 is 2.28 bits per heavy atom. The number of nitrogens with one attached hydrogen (secondary N) is 1. The maximum absolute atomic E-state index is 13.4. The van der Waals surface area contributed by atoms with Crippen LogP contribution in [0.3, 0.4) is 0 Å². The Bertz CT molecular complexity index is 1700. The minimum Gasteiger partial charge on any atom is -0.455 e. The highest BCUT2D eigenvalue weighted by Gasteiger charge is 2.35. The lowest BCUT2D eigenvalue weighted by Crippen LogP contribution is -2.39. The molecule has 1 aromatic heterocycles. The van der Waals surface area contributed by atoms with Crippen molar-refractivity contribution < 1.29 is 45.6 Å². The fourth-order valence-corrected chi connectivity index (χ4v) is 4.93. The van der Waals surface area contributed by atoms with E-state index < -0.39 is 62.6 Å². The third kappa shape index (κ3) is 8.50. The van der Waals surface area contributed by atoms with Crippen molar-refractivity contribution in [2.75, 3.05) is 11.6 Å². The number of hydrogen-bond acceptors (Lipinski definition) is 7. The molecule has 2 atom stereocenters. The van der Waals surface area contributed by atoms with Crippen LogP contribution in [0, 0.1) is 18.3 Å². The monoisotopic (exact) mass is 624 g/mol. The molecule has 0 aliphatic carbocycles. The second-order valence-electron chi connectivity index (χ2n) is 10.4. The van der Waals surface area contributed by atoms with Crippen LogP contribution in [0.1, 0.15) is 42.4 Å². The molecule has 2 aromatic carbocycles. The van der Waals surface area contributed by atoms with Gasteiger partial charge in [-0.2, -0.15) is 21.9 Å². The number of nitrogens with two attached hydrogens (primary N) is 1. The number of alkyl halides is 3. The molecule has 1 heterocycles. The molecule has 43 heavy (non-hydrogen) atoms. The second kappa shape index (κ2) is 12.4. The van der Waals surface area contributed by atoms with E-state index in [1.807, 2.05) is 0 Å². The average molecular weight is 625 g/mol. The summed E-state index contributed by atoms with van der Waals surface area (Å²) in [6.45, 7) is 6.15. The van der Waals surface area contributed by atoms with Crippen LogP contribution >= 0.6 is 0 Å². The van der Waals surface area contributed by atoms with Gasteiger partial charge in [0, 0.05) is 22.3 Å². The van der Waals surface area contributed by atoms with Crippen LogP contribution in [0.4, 0.5) is 28.0 Å². The molecule has 15 heteroatoms. The molecule has 0 aliphatic heterocycles. The van der Waals surface area contributed by atoms with E-state index in [0.717, 1.165) is 24.5 Å². The van der Waals surface area contributed by atoms with E-state index in [1.165, 1.54) is 31.2 Å². The number of amides is 3. The van der Waals surface area contributed by atoms with Gasteiger partial charge in [0.1, 0.15) is 11.5 Å². The summed E-state index contributed by atoms with van der Waals surface area (Å²) in [4.78, 5) is 40.9. The van der Waals surface area contributed by atoms with Gasteiger partial charge in [0.2, 0.25) is 5.95 Å². The van der Waals surface area contributed by atoms with Gasteiger partial charge < -0.3 is 20.5 Å². The Hall–Kier alpha value is -4.53. The van der Waals surface area contributed by atoms with Crippen molar-refractivity contribution in [1.82, 2.24) is 4.98 Å². The van der Waals surface area contributed by atoms with Crippen LogP contribution in [0.5, 0.6) is 11.5 Å². The maximum Gasteiger partial charge on any atom is 0.416 e. The number of carbonyl (C=O) groups excluding carboxylic acids is 3. The lowest BCUT2D eigenvalue weighted by atomic mass is 9.88. The summed E-state index contributed by atoms with van der Waals surface area (Å²) >= 11 is 0. The highest BCUT2D eigenvalue weighted by Crippen LogP contribution is 2.36. The summed E-state index contributed by atoms with van der Waals surface area (Å²) in [7, 11) is -3.45. The summed E-state index contributed by atoms with van der Waals surface area (Å²) in [5, 5.41) is 2.49. The van der Waals surface area contributed by atoms with E-state index >= 15 is 0 Å². The summed E-state index contributed by atoms with van der Waals surface area (Å²) < 4.78 is 81.4. The molecule has 3 aromatic rings. The molecule has 0 saturated heterocycles. The third-order valence-electron chi connectivity index (χ3n) is 5.82. The lowest BCUT2D eigenvalue weighted by molar-refractivity contribution is -0.137. The Labute approximate surface area is 244 Å². The first kappa shape index (κ1) is 33.0. The molecule has 3 amide bonds. The number of halogens is 4. The number of anilines is 1. The number of pyridine rings is 1. The Kier molecular flexibility index (Phi) is 9.49. The Balaban J connectivity index is 1.96. The first-order valence-corrected chi connectivity index (χ1v) is 14.4. The van der Waals surface area contributed by atoms with Crippen molar-refractivity contribution in [1.29, 1.82) is 0 Å². The van der Waals surface area contributed by atoms with E-state index in [9.17, 15) is 36.2 Å². The fourth-order valence-electron chi connectivity index (χ4n) is 3.71. The van der Waals surface area contributed by atoms with Gasteiger partial charge in [-0.25, -0.2) is 14.0 Å². The van der Waals surface area contributed by atoms with Crippen LogP contribution in [0.25, 0.3) is 0 Å². The molecule has 0 spiro atoms. The lowest BCUT2D eigenvalue weighted by Gasteiger charge is -2.26. The Morgan fingerprint density at radius 2 is 1.70 bits per heavy atom. The normalized spacial score (nSPS) is 13.8. The molecule has 0 bridgehead atoms. The molecule has 10 nitrogen and oxygen atoms in total. The molecular weight excluding hydrogens is 596 g/mol. The number of hydrogen-bond donors (Lipinski definition) is 2. The Morgan fingerprint density at radius 1 is 1.02 bits per heavy atom. The SMILES string of the molecule is Cc1nc(F)ccc1Oc1cc(C(F)(F)F)ccc1C(=O)Nc1cccc(S(C)(=O)=NC(=O)[C@H](OC(N)=O)C(C)(C)C)c1. The number of rotatable bonds is 7. The van der Waals surface area contributed by atoms with Gasteiger partial charge >= 0.3 is 12.3 Å². The third-order valence-corrected chi connectivity index (χ3v) is 7.47. The highest BCUT2D eigenvalue weighted by molar-refractivity contribution is 7.93. The largest absolute Gasteiger partial charge is 0.455 e. The molecule has 1 unspecified atom stereocenters. The first-order valence-electron chi connectivity index (χ1n) is 12.4. The van der Waals surface area contributed by atoms with E-state index in [4.69, 9.17) is 15.2 Å². The second-order valence-corrected chi connectivity index (χ2v) is 12.7. The molecule has 0 aliphatic rings. The zero-order valence-corrected chi connectivity index (χ0v) is 24.4. The van der Waals surface area contributed by atoms with Crippen LogP contribution in [0.15, 0.2) is 63.9 Å². The summed E-state index contributed by atoms with van der Waals surface area (Å²) in [6.07, 6.45) is -6.23. The number of benzene rings is 2. The molecule has 230 valence electrons. The minimum absolute atomic E-state index is 0.0160. The maximum atomic E-state index is 13.4. The summed E-state index contributed by atoms with van der Waals surface area (Å²) in [5.41, 5.74) is 2.82. The van der Waals surface area contributed by atoms with Crippen LogP contribution in [0.2, 0.25) is 0 Å². The van der Waals surface area contributed by atoms with Crippen molar-refractivity contribution in [3.63, 3.8) is 0 Å². The molecule has 0 saturated carbocycles. The van der Waals surface area contributed by atoms with Crippen molar-refractivity contribution in [2.45, 2.75) is 44.9 Å². The number of ether oxygens (including phenoxy) is 2. The smallest absolute Gasteiger partial charge is 0.416 e. The number of carbonyl (C=O) groups is 3. The standard InChI is InChI=1S/C28H28F4N4O6S/c1-15-20(11-12-22(29)34-15)41-21-13-16(28(30,31)32)9-10-19(21)24(37)35-17-7-6-8-18(14-17)43(5,40)36-25(38)23(27(2,3)4)42-26(33)39/h6-14,23H,1-5H3,(H2,33,39)(H,35,37)/t23-,43?/m0/s1. The topological polar surface area (TPSA) is 150 Å². The fraction of sp³-hybridized carbons (Fsp3) is 0.286. The van der Waals surface area contributed by atoms with Crippen molar-refractivity contribution in [2.24, 2.45) is 15.5 Å². The van der Waals surface area contributed by atoms with Gasteiger partial charge in [-0.15, -0.1) is 0 Å². The first-order chi connectivity index (χ1) is 19.8. The predicted molar refractivity (Wildman–Crippen MR) is 149 cm³/mol. The van der Waals surface area contributed by atoms with E-state index in [2.05, 4.69) is 14.7 Å². The van der Waals surface area contributed by atoms with Gasteiger partial charge in [-0.1, -0.05) is 26.8 Å². The highest BCUT2D eigenvalue weighted by atomic mass is 32.2. The van der Waals surface area contributed by atoms with Gasteiger partial charge in [0.05, 0.1) is 26.5 Å². The quantitative estimate of drug-likeness (QED) is 0.239. The van der Waals surface area contributed by atoms with Gasteiger partial charge in [-0.3, -0.25) is 9.59 Å². The van der Waals surface area contributed by atoms with Crippen LogP contribution < -0.4 is 15.8 Å². The van der Waals surface area contributed by atoms with Gasteiger partial charge in [0.15, 0.2) is 6.10 Å². The number of aromatic nitrogens is 1. The molecule has 0 radical (unpaired) electrons. The minimum atomic E-state index is -4.76. The predicted octanol–water partition coefficient (Wildman–Crippen LogP) is 6.09. The molecule has 3 N–H and O–H groups in total.